The number of aromatic nitrogens is 3. The van der Waals surface area contributed by atoms with E-state index in [1.54, 1.807) is 42.8 Å². The highest BCUT2D eigenvalue weighted by Gasteiger charge is 2.12. The second-order valence-electron chi connectivity index (χ2n) is 6.46. The molecule has 2 aromatic carbocycles. The standard InChI is InChI=1S/C21H18N6O3S/c1-3-19(28)24-14-5-4-6-15(10-14)25-20-18(31(2)29)12-22-21(27-20)26-16-7-8-17-13(9-16)11-23-30-17/h3-12H,1H2,2H3,(H,24,28)(H2,22,25,26,27). The van der Waals surface area contributed by atoms with Gasteiger partial charge in [0.05, 0.1) is 28.1 Å². The van der Waals surface area contributed by atoms with Crippen LogP contribution in [0.25, 0.3) is 11.0 Å². The van der Waals surface area contributed by atoms with Crippen LogP contribution in [0.1, 0.15) is 0 Å². The van der Waals surface area contributed by atoms with Crippen molar-refractivity contribution in [1.82, 2.24) is 15.1 Å². The molecule has 156 valence electrons. The van der Waals surface area contributed by atoms with E-state index in [0.717, 1.165) is 11.1 Å². The normalized spacial score (nSPS) is 11.6. The van der Waals surface area contributed by atoms with Gasteiger partial charge in [0.2, 0.25) is 11.9 Å². The Kier molecular flexibility index (Phi) is 5.72. The first-order chi connectivity index (χ1) is 15.0. The lowest BCUT2D eigenvalue weighted by molar-refractivity contribution is -0.111. The van der Waals surface area contributed by atoms with Crippen LogP contribution in [-0.2, 0) is 15.6 Å². The number of carbonyl (C=O) groups is 1. The number of nitrogens with zero attached hydrogens (tertiary/aromatic N) is 3. The quantitative estimate of drug-likeness (QED) is 0.374. The van der Waals surface area contributed by atoms with Gasteiger partial charge in [-0.2, -0.15) is 4.98 Å². The monoisotopic (exact) mass is 434 g/mol. The minimum absolute atomic E-state index is 0.314. The van der Waals surface area contributed by atoms with Crippen LogP contribution < -0.4 is 16.0 Å². The van der Waals surface area contributed by atoms with Crippen molar-refractivity contribution >= 4 is 56.5 Å². The lowest BCUT2D eigenvalue weighted by Crippen LogP contribution is -2.08. The van der Waals surface area contributed by atoms with E-state index in [2.05, 4.69) is 37.7 Å². The van der Waals surface area contributed by atoms with Gasteiger partial charge in [-0.15, -0.1) is 0 Å². The second-order valence-corrected chi connectivity index (χ2v) is 7.81. The summed E-state index contributed by atoms with van der Waals surface area (Å²) in [5.41, 5.74) is 2.67. The molecule has 0 spiro atoms. The molecule has 9 nitrogen and oxygen atoms in total. The molecule has 0 bridgehead atoms. The highest BCUT2D eigenvalue weighted by molar-refractivity contribution is 7.84. The number of rotatable bonds is 7. The van der Waals surface area contributed by atoms with Gasteiger partial charge in [0.15, 0.2) is 11.4 Å². The first-order valence-corrected chi connectivity index (χ1v) is 10.7. The Morgan fingerprint density at radius 1 is 1.10 bits per heavy atom. The van der Waals surface area contributed by atoms with E-state index in [4.69, 9.17) is 4.52 Å². The first kappa shape index (κ1) is 20.2. The van der Waals surface area contributed by atoms with Crippen LogP contribution in [0.4, 0.5) is 28.8 Å². The van der Waals surface area contributed by atoms with Crippen molar-refractivity contribution < 1.29 is 13.5 Å². The molecule has 1 amide bonds. The molecule has 0 saturated heterocycles. The maximum absolute atomic E-state index is 12.2. The van der Waals surface area contributed by atoms with Crippen LogP contribution in [0.5, 0.6) is 0 Å². The molecule has 1 atom stereocenters. The highest BCUT2D eigenvalue weighted by Crippen LogP contribution is 2.26. The maximum atomic E-state index is 12.2. The number of fused-ring (bicyclic) bond motifs is 1. The molecule has 0 aliphatic heterocycles. The Morgan fingerprint density at radius 2 is 1.90 bits per heavy atom. The van der Waals surface area contributed by atoms with Crippen LogP contribution in [0, 0.1) is 0 Å². The molecular formula is C21H18N6O3S. The Morgan fingerprint density at radius 3 is 2.71 bits per heavy atom. The zero-order chi connectivity index (χ0) is 21.8. The minimum atomic E-state index is -1.32. The summed E-state index contributed by atoms with van der Waals surface area (Å²) in [6.45, 7) is 3.44. The molecule has 10 heteroatoms. The van der Waals surface area contributed by atoms with Gasteiger partial charge in [-0.25, -0.2) is 4.98 Å². The average Bonchev–Trinajstić information content (AvgIpc) is 3.22. The van der Waals surface area contributed by atoms with E-state index in [9.17, 15) is 9.00 Å². The summed E-state index contributed by atoms with van der Waals surface area (Å²) in [5.74, 6) is 0.394. The molecule has 0 saturated carbocycles. The lowest BCUT2D eigenvalue weighted by atomic mass is 10.2. The molecule has 2 heterocycles. The molecular weight excluding hydrogens is 416 g/mol. The van der Waals surface area contributed by atoms with E-state index in [1.165, 1.54) is 12.3 Å². The predicted octanol–water partition coefficient (Wildman–Crippen LogP) is 3.97. The van der Waals surface area contributed by atoms with E-state index in [-0.39, 0.29) is 5.91 Å². The lowest BCUT2D eigenvalue weighted by Gasteiger charge is -2.13. The third kappa shape index (κ3) is 4.75. The molecule has 0 fully saturated rings. The molecule has 4 aromatic rings. The number of benzene rings is 2. The fourth-order valence-electron chi connectivity index (χ4n) is 2.81. The van der Waals surface area contributed by atoms with Gasteiger partial charge in [0, 0.05) is 28.7 Å². The molecule has 0 aliphatic carbocycles. The summed E-state index contributed by atoms with van der Waals surface area (Å²) in [4.78, 5) is 20.8. The zero-order valence-electron chi connectivity index (χ0n) is 16.5. The van der Waals surface area contributed by atoms with Crippen LogP contribution in [0.3, 0.4) is 0 Å². The summed E-state index contributed by atoms with van der Waals surface area (Å²) in [6.07, 6.45) is 5.88. The molecule has 3 N–H and O–H groups in total. The van der Waals surface area contributed by atoms with Crippen molar-refractivity contribution in [2.24, 2.45) is 0 Å². The van der Waals surface area contributed by atoms with Crippen LogP contribution in [0.15, 0.2) is 76.9 Å². The molecule has 0 radical (unpaired) electrons. The third-order valence-electron chi connectivity index (χ3n) is 4.25. The largest absolute Gasteiger partial charge is 0.356 e. The van der Waals surface area contributed by atoms with Crippen LogP contribution in [0.2, 0.25) is 0 Å². The van der Waals surface area contributed by atoms with Gasteiger partial charge in [0.25, 0.3) is 0 Å². The number of hydrogen-bond acceptors (Lipinski definition) is 8. The second kappa shape index (κ2) is 8.76. The Labute approximate surface area is 180 Å². The van der Waals surface area contributed by atoms with E-state index < -0.39 is 10.8 Å². The van der Waals surface area contributed by atoms with Gasteiger partial charge in [0.1, 0.15) is 0 Å². The number of nitrogens with one attached hydrogen (secondary N) is 3. The van der Waals surface area contributed by atoms with Crippen molar-refractivity contribution in [3.05, 3.63) is 67.5 Å². The smallest absolute Gasteiger partial charge is 0.247 e. The van der Waals surface area contributed by atoms with Gasteiger partial charge in [-0.1, -0.05) is 17.8 Å². The molecule has 1 unspecified atom stereocenters. The van der Waals surface area contributed by atoms with Crippen molar-refractivity contribution in [2.75, 3.05) is 22.2 Å². The topological polar surface area (TPSA) is 122 Å². The summed E-state index contributed by atoms with van der Waals surface area (Å²) < 4.78 is 17.3. The maximum Gasteiger partial charge on any atom is 0.247 e. The molecule has 2 aromatic heterocycles. The van der Waals surface area contributed by atoms with Crippen LogP contribution >= 0.6 is 0 Å². The summed E-state index contributed by atoms with van der Waals surface area (Å²) in [5, 5.41) is 13.6. The average molecular weight is 434 g/mol. The van der Waals surface area contributed by atoms with E-state index >= 15 is 0 Å². The van der Waals surface area contributed by atoms with Crippen molar-refractivity contribution in [3.8, 4) is 0 Å². The van der Waals surface area contributed by atoms with Crippen molar-refractivity contribution in [1.29, 1.82) is 0 Å². The van der Waals surface area contributed by atoms with Gasteiger partial charge in [-0.05, 0) is 42.5 Å². The third-order valence-corrected chi connectivity index (χ3v) is 5.17. The Balaban J connectivity index is 1.61. The summed E-state index contributed by atoms with van der Waals surface area (Å²) in [6, 6.07) is 12.5. The van der Waals surface area contributed by atoms with Crippen molar-refractivity contribution in [2.45, 2.75) is 4.90 Å². The predicted molar refractivity (Wildman–Crippen MR) is 120 cm³/mol. The summed E-state index contributed by atoms with van der Waals surface area (Å²) in [7, 11) is -1.32. The molecule has 0 aliphatic rings. The van der Waals surface area contributed by atoms with Gasteiger partial charge < -0.3 is 20.5 Å². The SMILES string of the molecule is C=CC(=O)Nc1cccc(Nc2nc(Nc3ccc4oncc4c3)ncc2S(C)=O)c1. The fraction of sp³-hybridized carbons (Fsp3) is 0.0476. The fourth-order valence-corrected chi connectivity index (χ4v) is 3.38. The number of hydrogen-bond donors (Lipinski definition) is 3. The van der Waals surface area contributed by atoms with Gasteiger partial charge >= 0.3 is 0 Å². The summed E-state index contributed by atoms with van der Waals surface area (Å²) >= 11 is 0. The van der Waals surface area contributed by atoms with Crippen molar-refractivity contribution in [3.63, 3.8) is 0 Å². The Bertz CT molecular complexity index is 1300. The van der Waals surface area contributed by atoms with E-state index in [0.29, 0.717) is 33.6 Å². The Hall–Kier alpha value is -4.05. The zero-order valence-corrected chi connectivity index (χ0v) is 17.3. The van der Waals surface area contributed by atoms with E-state index in [1.807, 2.05) is 12.1 Å². The number of anilines is 5. The minimum Gasteiger partial charge on any atom is -0.356 e. The first-order valence-electron chi connectivity index (χ1n) is 9.14. The highest BCUT2D eigenvalue weighted by atomic mass is 32.2. The van der Waals surface area contributed by atoms with Gasteiger partial charge in [-0.3, -0.25) is 9.00 Å². The van der Waals surface area contributed by atoms with Crippen LogP contribution in [-0.4, -0.2) is 31.5 Å². The molecule has 31 heavy (non-hydrogen) atoms. The number of carbonyl (C=O) groups excluding carboxylic acids is 1. The molecule has 4 rings (SSSR count). The number of amides is 1.